The number of hydrogen-bond donors (Lipinski definition) is 0. The highest BCUT2D eigenvalue weighted by Gasteiger charge is 2.15. The maximum absolute atomic E-state index is 6.50. The zero-order chi connectivity index (χ0) is 18.0. The molecule has 0 bridgehead atoms. The number of rotatable bonds is 6. The van der Waals surface area contributed by atoms with E-state index in [1.807, 2.05) is 17.5 Å². The van der Waals surface area contributed by atoms with Crippen molar-refractivity contribution in [2.24, 2.45) is 0 Å². The maximum Gasteiger partial charge on any atom is 0.142 e. The van der Waals surface area contributed by atoms with E-state index in [4.69, 9.17) is 32.7 Å². The number of methoxy groups -OCH3 is 1. The predicted molar refractivity (Wildman–Crippen MR) is 104 cm³/mol. The van der Waals surface area contributed by atoms with Gasteiger partial charge in [0.15, 0.2) is 0 Å². The summed E-state index contributed by atoms with van der Waals surface area (Å²) >= 11 is 14.5. The Labute approximate surface area is 160 Å². The highest BCUT2D eigenvalue weighted by atomic mass is 35.5. The molecular weight excluding hydrogens is 379 g/mol. The Bertz CT molecular complexity index is 896. The van der Waals surface area contributed by atoms with E-state index in [1.54, 1.807) is 24.5 Å². The highest BCUT2D eigenvalue weighted by molar-refractivity contribution is 7.13. The molecule has 7 heteroatoms. The summed E-state index contributed by atoms with van der Waals surface area (Å²) < 4.78 is 10.7. The topological polar surface area (TPSA) is 44.2 Å². The average Bonchev–Trinajstić information content (AvgIpc) is 3.08. The number of aromatic nitrogens is 2. The van der Waals surface area contributed by atoms with E-state index in [2.05, 4.69) is 23.8 Å². The summed E-state index contributed by atoms with van der Waals surface area (Å²) in [7, 11) is 1.62. The average molecular weight is 397 g/mol. The van der Waals surface area contributed by atoms with E-state index in [0.29, 0.717) is 46.1 Å². The van der Waals surface area contributed by atoms with E-state index >= 15 is 0 Å². The zero-order valence-electron chi connectivity index (χ0n) is 14.2. The minimum atomic E-state index is 0.366. The molecular formula is C18H18Cl2N2O2S. The SMILES string of the molecule is COCCOc1ccc2c(Cl)cc(-c3nc(C(C)C)cs3)nc2c1Cl. The first-order chi connectivity index (χ1) is 12.0. The van der Waals surface area contributed by atoms with Crippen molar-refractivity contribution in [3.63, 3.8) is 0 Å². The van der Waals surface area contributed by atoms with Gasteiger partial charge in [0.2, 0.25) is 0 Å². The molecule has 3 aromatic rings. The minimum absolute atomic E-state index is 0.366. The van der Waals surface area contributed by atoms with Crippen LogP contribution in [0.1, 0.15) is 25.5 Å². The van der Waals surface area contributed by atoms with Crippen LogP contribution in [0.25, 0.3) is 21.6 Å². The Morgan fingerprint density at radius 2 is 1.96 bits per heavy atom. The molecule has 1 aromatic carbocycles. The quantitative estimate of drug-likeness (QED) is 0.492. The van der Waals surface area contributed by atoms with Crippen LogP contribution in [0.3, 0.4) is 0 Å². The fourth-order valence-electron chi connectivity index (χ4n) is 2.32. The van der Waals surface area contributed by atoms with Gasteiger partial charge in [0.1, 0.15) is 28.1 Å². The van der Waals surface area contributed by atoms with Gasteiger partial charge in [-0.1, -0.05) is 37.0 Å². The van der Waals surface area contributed by atoms with Gasteiger partial charge in [0, 0.05) is 17.9 Å². The molecule has 0 aliphatic heterocycles. The van der Waals surface area contributed by atoms with Crippen molar-refractivity contribution in [3.05, 3.63) is 39.3 Å². The van der Waals surface area contributed by atoms with Crippen LogP contribution >= 0.6 is 34.5 Å². The van der Waals surface area contributed by atoms with Crippen LogP contribution in [0.5, 0.6) is 5.75 Å². The number of fused-ring (bicyclic) bond motifs is 1. The molecule has 0 fully saturated rings. The summed E-state index contributed by atoms with van der Waals surface area (Å²) in [5.41, 5.74) is 2.37. The van der Waals surface area contributed by atoms with Crippen LogP contribution in [-0.4, -0.2) is 30.3 Å². The maximum atomic E-state index is 6.50. The highest BCUT2D eigenvalue weighted by Crippen LogP contribution is 2.37. The van der Waals surface area contributed by atoms with Crippen molar-refractivity contribution in [3.8, 4) is 16.5 Å². The monoisotopic (exact) mass is 396 g/mol. The summed E-state index contributed by atoms with van der Waals surface area (Å²) in [6.07, 6.45) is 0. The second-order valence-corrected chi connectivity index (χ2v) is 7.48. The molecule has 0 saturated carbocycles. The number of benzene rings is 1. The third-order valence-corrected chi connectivity index (χ3v) is 5.27. The molecule has 0 N–H and O–H groups in total. The Kier molecular flexibility index (Phi) is 5.79. The second kappa shape index (κ2) is 7.87. The van der Waals surface area contributed by atoms with Gasteiger partial charge in [-0.15, -0.1) is 11.3 Å². The number of pyridine rings is 1. The lowest BCUT2D eigenvalue weighted by Crippen LogP contribution is -2.04. The van der Waals surface area contributed by atoms with Gasteiger partial charge in [0.05, 0.1) is 22.8 Å². The number of thiazole rings is 1. The van der Waals surface area contributed by atoms with Gasteiger partial charge >= 0.3 is 0 Å². The van der Waals surface area contributed by atoms with Crippen LogP contribution < -0.4 is 4.74 Å². The van der Waals surface area contributed by atoms with Crippen LogP contribution in [0.4, 0.5) is 0 Å². The molecule has 132 valence electrons. The zero-order valence-corrected chi connectivity index (χ0v) is 16.5. The molecule has 0 unspecified atom stereocenters. The first-order valence-electron chi connectivity index (χ1n) is 7.87. The summed E-state index contributed by atoms with van der Waals surface area (Å²) in [4.78, 5) is 9.33. The second-order valence-electron chi connectivity index (χ2n) is 5.84. The first-order valence-corrected chi connectivity index (χ1v) is 9.51. The summed E-state index contributed by atoms with van der Waals surface area (Å²) in [6.45, 7) is 5.12. The minimum Gasteiger partial charge on any atom is -0.490 e. The number of ether oxygens (including phenoxy) is 2. The third kappa shape index (κ3) is 3.90. The van der Waals surface area contributed by atoms with Crippen LogP contribution in [0.2, 0.25) is 10.0 Å². The molecule has 0 radical (unpaired) electrons. The molecule has 0 aliphatic carbocycles. The first kappa shape index (κ1) is 18.4. The fraction of sp³-hybridized carbons (Fsp3) is 0.333. The molecule has 0 spiro atoms. The number of hydrogen-bond acceptors (Lipinski definition) is 5. The molecule has 0 saturated heterocycles. The largest absolute Gasteiger partial charge is 0.490 e. The number of halogens is 2. The Hall–Kier alpha value is -1.40. The van der Waals surface area contributed by atoms with Crippen molar-refractivity contribution in [1.82, 2.24) is 9.97 Å². The van der Waals surface area contributed by atoms with E-state index in [9.17, 15) is 0 Å². The Balaban J connectivity index is 2.04. The van der Waals surface area contributed by atoms with Crippen LogP contribution in [-0.2, 0) is 4.74 Å². The number of nitrogens with zero attached hydrogens (tertiary/aromatic N) is 2. The summed E-state index contributed by atoms with van der Waals surface area (Å²) in [6, 6.07) is 5.49. The van der Waals surface area contributed by atoms with Crippen molar-refractivity contribution in [2.75, 3.05) is 20.3 Å². The van der Waals surface area contributed by atoms with E-state index in [1.165, 1.54) is 0 Å². The van der Waals surface area contributed by atoms with Gasteiger partial charge < -0.3 is 9.47 Å². The van der Waals surface area contributed by atoms with E-state index in [0.717, 1.165) is 16.1 Å². The molecule has 25 heavy (non-hydrogen) atoms. The van der Waals surface area contributed by atoms with Gasteiger partial charge in [0.25, 0.3) is 0 Å². The normalized spacial score (nSPS) is 11.4. The molecule has 2 aromatic heterocycles. The molecule has 0 aliphatic rings. The molecule has 2 heterocycles. The van der Waals surface area contributed by atoms with Crippen molar-refractivity contribution in [2.45, 2.75) is 19.8 Å². The lowest BCUT2D eigenvalue weighted by atomic mass is 10.1. The van der Waals surface area contributed by atoms with Gasteiger partial charge in [-0.05, 0) is 24.1 Å². The van der Waals surface area contributed by atoms with Gasteiger partial charge in [-0.2, -0.15) is 0 Å². The third-order valence-electron chi connectivity index (χ3n) is 3.71. The lowest BCUT2D eigenvalue weighted by molar-refractivity contribution is 0.146. The van der Waals surface area contributed by atoms with E-state index < -0.39 is 0 Å². The molecule has 4 nitrogen and oxygen atoms in total. The lowest BCUT2D eigenvalue weighted by Gasteiger charge is -2.11. The smallest absolute Gasteiger partial charge is 0.142 e. The van der Waals surface area contributed by atoms with Gasteiger partial charge in [-0.25, -0.2) is 9.97 Å². The standard InChI is InChI=1S/C18H18Cl2N2O2S/c1-10(2)14-9-25-18(22-14)13-8-12(19)11-4-5-15(24-7-6-23-3)16(20)17(11)21-13/h4-5,8-10H,6-7H2,1-3H3. The summed E-state index contributed by atoms with van der Waals surface area (Å²) in [5, 5.41) is 4.69. The van der Waals surface area contributed by atoms with Gasteiger partial charge in [-0.3, -0.25) is 0 Å². The van der Waals surface area contributed by atoms with Crippen molar-refractivity contribution in [1.29, 1.82) is 0 Å². The fourth-order valence-corrected chi connectivity index (χ4v) is 3.78. The van der Waals surface area contributed by atoms with E-state index in [-0.39, 0.29) is 0 Å². The molecule has 0 atom stereocenters. The Morgan fingerprint density at radius 3 is 2.64 bits per heavy atom. The predicted octanol–water partition coefficient (Wildman–Crippen LogP) is 5.81. The van der Waals surface area contributed by atoms with Crippen molar-refractivity contribution < 1.29 is 9.47 Å². The summed E-state index contributed by atoms with van der Waals surface area (Å²) in [5.74, 6) is 0.930. The van der Waals surface area contributed by atoms with Crippen LogP contribution in [0.15, 0.2) is 23.6 Å². The Morgan fingerprint density at radius 1 is 1.16 bits per heavy atom. The van der Waals surface area contributed by atoms with Crippen LogP contribution in [0, 0.1) is 0 Å². The molecule has 3 rings (SSSR count). The van der Waals surface area contributed by atoms with Crippen molar-refractivity contribution >= 4 is 45.4 Å². The molecule has 0 amide bonds.